The first kappa shape index (κ1) is 17.3. The molecule has 1 fully saturated rings. The molecule has 0 radical (unpaired) electrons. The van der Waals surface area contributed by atoms with E-state index in [9.17, 15) is 4.79 Å². The van der Waals surface area contributed by atoms with E-state index in [1.807, 2.05) is 19.9 Å². The first-order valence-corrected chi connectivity index (χ1v) is 8.78. The van der Waals surface area contributed by atoms with Gasteiger partial charge in [-0.05, 0) is 38.8 Å². The van der Waals surface area contributed by atoms with Crippen LogP contribution in [0.15, 0.2) is 34.9 Å². The van der Waals surface area contributed by atoms with Crippen molar-refractivity contribution in [2.75, 3.05) is 25.0 Å². The molecule has 2 amide bonds. The van der Waals surface area contributed by atoms with E-state index in [4.69, 9.17) is 4.52 Å². The van der Waals surface area contributed by atoms with E-state index in [-0.39, 0.29) is 12.1 Å². The van der Waals surface area contributed by atoms with E-state index in [0.717, 1.165) is 42.9 Å². The Bertz CT molecular complexity index is 686. The molecular formula is C19H26N4O2. The number of nitrogens with one attached hydrogen (secondary N) is 1. The number of anilines is 1. The van der Waals surface area contributed by atoms with Crippen molar-refractivity contribution in [3.8, 4) is 0 Å². The molecule has 1 aliphatic rings. The smallest absolute Gasteiger partial charge is 0.317 e. The number of aromatic nitrogens is 1. The second kappa shape index (κ2) is 7.59. The third kappa shape index (κ3) is 4.13. The molecule has 1 saturated heterocycles. The minimum absolute atomic E-state index is 0.0434. The zero-order valence-electron chi connectivity index (χ0n) is 15.2. The standard InChI is InChI=1S/C19H26N4O2/c1-14-18(15(2)25-21-14)13-22(3)19(24)20-16-9-11-23(12-10-16)17-7-5-4-6-8-17/h4-8,16H,9-13H2,1-3H3,(H,20,24). The molecule has 0 bridgehead atoms. The molecule has 1 aromatic heterocycles. The van der Waals surface area contributed by atoms with Gasteiger partial charge in [0.05, 0.1) is 12.2 Å². The van der Waals surface area contributed by atoms with Crippen LogP contribution in [0.3, 0.4) is 0 Å². The molecule has 134 valence electrons. The largest absolute Gasteiger partial charge is 0.371 e. The molecule has 25 heavy (non-hydrogen) atoms. The minimum Gasteiger partial charge on any atom is -0.371 e. The summed E-state index contributed by atoms with van der Waals surface area (Å²) in [4.78, 5) is 16.5. The number of amides is 2. The number of rotatable bonds is 4. The molecule has 3 rings (SSSR count). The van der Waals surface area contributed by atoms with E-state index in [1.54, 1.807) is 11.9 Å². The van der Waals surface area contributed by atoms with Crippen LogP contribution >= 0.6 is 0 Å². The first-order chi connectivity index (χ1) is 12.0. The van der Waals surface area contributed by atoms with E-state index >= 15 is 0 Å². The number of aryl methyl sites for hydroxylation is 2. The average molecular weight is 342 g/mol. The number of hydrogen-bond acceptors (Lipinski definition) is 4. The summed E-state index contributed by atoms with van der Waals surface area (Å²) in [5.74, 6) is 0.772. The molecule has 1 aliphatic heterocycles. The number of piperidine rings is 1. The fourth-order valence-electron chi connectivity index (χ4n) is 3.24. The summed E-state index contributed by atoms with van der Waals surface area (Å²) in [5.41, 5.74) is 3.08. The van der Waals surface area contributed by atoms with Crippen LogP contribution in [0.5, 0.6) is 0 Å². The second-order valence-corrected chi connectivity index (χ2v) is 6.71. The van der Waals surface area contributed by atoms with E-state index in [1.165, 1.54) is 5.69 Å². The molecule has 6 heteroatoms. The van der Waals surface area contributed by atoms with Gasteiger partial charge in [-0.3, -0.25) is 0 Å². The Labute approximate surface area is 148 Å². The van der Waals surface area contributed by atoms with Gasteiger partial charge in [-0.15, -0.1) is 0 Å². The van der Waals surface area contributed by atoms with Crippen molar-refractivity contribution in [3.63, 3.8) is 0 Å². The third-order valence-corrected chi connectivity index (χ3v) is 4.87. The van der Waals surface area contributed by atoms with Crippen LogP contribution in [0.4, 0.5) is 10.5 Å². The Morgan fingerprint density at radius 1 is 1.28 bits per heavy atom. The van der Waals surface area contributed by atoms with E-state index < -0.39 is 0 Å². The number of para-hydroxylation sites is 1. The first-order valence-electron chi connectivity index (χ1n) is 8.78. The van der Waals surface area contributed by atoms with Crippen molar-refractivity contribution in [3.05, 3.63) is 47.3 Å². The Hall–Kier alpha value is -2.50. The van der Waals surface area contributed by atoms with Crippen LogP contribution < -0.4 is 10.2 Å². The Morgan fingerprint density at radius 2 is 1.96 bits per heavy atom. The molecule has 0 saturated carbocycles. The molecule has 0 atom stereocenters. The summed E-state index contributed by atoms with van der Waals surface area (Å²) in [6.45, 7) is 6.21. The van der Waals surface area contributed by atoms with Gasteiger partial charge < -0.3 is 19.6 Å². The van der Waals surface area contributed by atoms with Crippen LogP contribution in [0.2, 0.25) is 0 Å². The highest BCUT2D eigenvalue weighted by Crippen LogP contribution is 2.20. The van der Waals surface area contributed by atoms with Crippen molar-refractivity contribution >= 4 is 11.7 Å². The summed E-state index contributed by atoms with van der Waals surface area (Å²) < 4.78 is 5.17. The molecule has 1 N–H and O–H groups in total. The molecular weight excluding hydrogens is 316 g/mol. The van der Waals surface area contributed by atoms with Gasteiger partial charge in [-0.25, -0.2) is 4.79 Å². The van der Waals surface area contributed by atoms with Crippen LogP contribution in [-0.2, 0) is 6.54 Å². The predicted molar refractivity (Wildman–Crippen MR) is 97.7 cm³/mol. The van der Waals surface area contributed by atoms with Crippen molar-refractivity contribution in [1.29, 1.82) is 0 Å². The highest BCUT2D eigenvalue weighted by atomic mass is 16.5. The predicted octanol–water partition coefficient (Wildman–Crippen LogP) is 3.10. The molecule has 2 heterocycles. The zero-order chi connectivity index (χ0) is 17.8. The van der Waals surface area contributed by atoms with Crippen molar-refractivity contribution in [2.45, 2.75) is 39.3 Å². The molecule has 6 nitrogen and oxygen atoms in total. The lowest BCUT2D eigenvalue weighted by Crippen LogP contribution is -2.48. The van der Waals surface area contributed by atoms with E-state index in [2.05, 4.69) is 39.6 Å². The maximum Gasteiger partial charge on any atom is 0.317 e. The van der Waals surface area contributed by atoms with Crippen molar-refractivity contribution in [2.24, 2.45) is 0 Å². The van der Waals surface area contributed by atoms with Crippen LogP contribution in [0.1, 0.15) is 29.9 Å². The van der Waals surface area contributed by atoms with Gasteiger partial charge in [0, 0.05) is 37.4 Å². The molecule has 0 spiro atoms. The lowest BCUT2D eigenvalue weighted by Gasteiger charge is -2.34. The fourth-order valence-corrected chi connectivity index (χ4v) is 3.24. The highest BCUT2D eigenvalue weighted by molar-refractivity contribution is 5.74. The number of carbonyl (C=O) groups is 1. The zero-order valence-corrected chi connectivity index (χ0v) is 15.2. The normalized spacial score (nSPS) is 15.2. The Morgan fingerprint density at radius 3 is 2.56 bits per heavy atom. The van der Waals surface area contributed by atoms with Gasteiger partial charge in [0.25, 0.3) is 0 Å². The number of nitrogens with zero attached hydrogens (tertiary/aromatic N) is 3. The summed E-state index contributed by atoms with van der Waals surface area (Å²) in [5, 5.41) is 7.09. The van der Waals surface area contributed by atoms with Gasteiger partial charge in [-0.1, -0.05) is 23.4 Å². The van der Waals surface area contributed by atoms with Crippen molar-refractivity contribution < 1.29 is 9.32 Å². The third-order valence-electron chi connectivity index (χ3n) is 4.87. The summed E-state index contributed by atoms with van der Waals surface area (Å²) in [6, 6.07) is 10.6. The van der Waals surface area contributed by atoms with Crippen molar-refractivity contribution in [1.82, 2.24) is 15.4 Å². The molecule has 0 unspecified atom stereocenters. The van der Waals surface area contributed by atoms with Crippen LogP contribution in [0, 0.1) is 13.8 Å². The maximum absolute atomic E-state index is 12.5. The van der Waals surface area contributed by atoms with Gasteiger partial charge >= 0.3 is 6.03 Å². The minimum atomic E-state index is -0.0434. The second-order valence-electron chi connectivity index (χ2n) is 6.71. The van der Waals surface area contributed by atoms with Gasteiger partial charge in [-0.2, -0.15) is 0 Å². The maximum atomic E-state index is 12.5. The fraction of sp³-hybridized carbons (Fsp3) is 0.474. The van der Waals surface area contributed by atoms with Crippen LogP contribution in [0.25, 0.3) is 0 Å². The van der Waals surface area contributed by atoms with Gasteiger partial charge in [0.2, 0.25) is 0 Å². The number of urea groups is 1. The Kier molecular flexibility index (Phi) is 5.26. The summed E-state index contributed by atoms with van der Waals surface area (Å²) in [7, 11) is 1.81. The van der Waals surface area contributed by atoms with Gasteiger partial charge in [0.1, 0.15) is 5.76 Å². The number of carbonyl (C=O) groups excluding carboxylic acids is 1. The van der Waals surface area contributed by atoms with E-state index in [0.29, 0.717) is 6.54 Å². The summed E-state index contributed by atoms with van der Waals surface area (Å²) >= 11 is 0. The van der Waals surface area contributed by atoms with Crippen LogP contribution in [-0.4, -0.2) is 42.3 Å². The monoisotopic (exact) mass is 342 g/mol. The Balaban J connectivity index is 1.49. The lowest BCUT2D eigenvalue weighted by atomic mass is 10.0. The topological polar surface area (TPSA) is 61.6 Å². The molecule has 1 aromatic carbocycles. The molecule has 0 aliphatic carbocycles. The average Bonchev–Trinajstić information content (AvgIpc) is 2.95. The summed E-state index contributed by atoms with van der Waals surface area (Å²) in [6.07, 6.45) is 1.92. The SMILES string of the molecule is Cc1noc(C)c1CN(C)C(=O)NC1CCN(c2ccccc2)CC1. The number of hydrogen-bond donors (Lipinski definition) is 1. The number of benzene rings is 1. The highest BCUT2D eigenvalue weighted by Gasteiger charge is 2.23. The molecule has 2 aromatic rings. The lowest BCUT2D eigenvalue weighted by molar-refractivity contribution is 0.200. The quantitative estimate of drug-likeness (QED) is 0.927. The van der Waals surface area contributed by atoms with Gasteiger partial charge in [0.15, 0.2) is 0 Å².